The van der Waals surface area contributed by atoms with E-state index in [0.29, 0.717) is 25.2 Å². The van der Waals surface area contributed by atoms with Crippen molar-refractivity contribution in [3.8, 4) is 5.75 Å². The summed E-state index contributed by atoms with van der Waals surface area (Å²) in [6.45, 7) is 0.756. The van der Waals surface area contributed by atoms with Crippen molar-refractivity contribution in [2.24, 2.45) is 5.41 Å². The van der Waals surface area contributed by atoms with Gasteiger partial charge in [-0.1, -0.05) is 29.8 Å². The summed E-state index contributed by atoms with van der Waals surface area (Å²) in [7, 11) is 0. The molecule has 0 unspecified atom stereocenters. The molecule has 1 saturated carbocycles. The molecule has 1 N–H and O–H groups in total. The molecule has 0 atom stereocenters. The van der Waals surface area contributed by atoms with Crippen LogP contribution < -0.4 is 4.74 Å². The van der Waals surface area contributed by atoms with E-state index < -0.39 is 24.5 Å². The van der Waals surface area contributed by atoms with Gasteiger partial charge in [-0.25, -0.2) is 4.79 Å². The number of hydrogen-bond donors (Lipinski definition) is 1. The molecule has 0 radical (unpaired) electrons. The van der Waals surface area contributed by atoms with Crippen LogP contribution in [0.3, 0.4) is 0 Å². The third-order valence-corrected chi connectivity index (χ3v) is 5.67. The Labute approximate surface area is 187 Å². The highest BCUT2D eigenvalue weighted by atomic mass is 19.4. The second-order valence-electron chi connectivity index (χ2n) is 8.53. The molecule has 2 fully saturated rings. The first-order valence-electron chi connectivity index (χ1n) is 10.5. The van der Waals surface area contributed by atoms with Crippen molar-refractivity contribution in [3.05, 3.63) is 35.4 Å². The lowest BCUT2D eigenvalue weighted by molar-refractivity contribution is -0.309. The molecule has 2 aliphatic rings. The molecule has 11 heteroatoms. The van der Waals surface area contributed by atoms with Gasteiger partial charge in [0.05, 0.1) is 6.61 Å². The number of unbranched alkanes of at least 4 members (excludes halogenated alkanes) is 2. The first-order chi connectivity index (χ1) is 15.4. The second-order valence-corrected chi connectivity index (χ2v) is 8.53. The van der Waals surface area contributed by atoms with Gasteiger partial charge >= 0.3 is 18.4 Å². The standard InChI is InChI=1S/C22H25F6NO4/c23-21(24,25)18(22(26,27)28)33-19(31)29-13-20(14-29)11-15(12-20)10-16-6-2-3-7-17(16)32-9-5-1-4-8-30/h2-3,6-7,10,18,30H,1,4-5,8-9,11-14H2. The van der Waals surface area contributed by atoms with Crippen LogP contribution in [0, 0.1) is 5.41 Å². The second kappa shape index (κ2) is 9.82. The Morgan fingerprint density at radius 2 is 1.70 bits per heavy atom. The molecule has 184 valence electrons. The van der Waals surface area contributed by atoms with Crippen LogP contribution in [0.4, 0.5) is 31.1 Å². The maximum atomic E-state index is 12.6. The van der Waals surface area contributed by atoms with Crippen LogP contribution in [0.15, 0.2) is 29.8 Å². The molecule has 33 heavy (non-hydrogen) atoms. The van der Waals surface area contributed by atoms with Gasteiger partial charge in [0.25, 0.3) is 6.10 Å². The quantitative estimate of drug-likeness (QED) is 0.403. The Morgan fingerprint density at radius 3 is 2.30 bits per heavy atom. The van der Waals surface area contributed by atoms with E-state index in [4.69, 9.17) is 9.84 Å². The summed E-state index contributed by atoms with van der Waals surface area (Å²) in [5, 5.41) is 8.81. The summed E-state index contributed by atoms with van der Waals surface area (Å²) in [6.07, 6.45) is -11.7. The molecule has 0 aromatic heterocycles. The third-order valence-electron chi connectivity index (χ3n) is 5.67. The molecule has 1 heterocycles. The lowest BCUT2D eigenvalue weighted by Gasteiger charge is -2.56. The van der Waals surface area contributed by atoms with Crippen LogP contribution in [-0.4, -0.2) is 60.9 Å². The first kappa shape index (κ1) is 25.2. The Balaban J connectivity index is 1.50. The van der Waals surface area contributed by atoms with Crippen molar-refractivity contribution < 1.29 is 45.7 Å². The number of para-hydroxylation sites is 1. The predicted molar refractivity (Wildman–Crippen MR) is 106 cm³/mol. The summed E-state index contributed by atoms with van der Waals surface area (Å²) >= 11 is 0. The van der Waals surface area contributed by atoms with Gasteiger partial charge in [-0.15, -0.1) is 0 Å². The molecule has 1 saturated heterocycles. The zero-order valence-corrected chi connectivity index (χ0v) is 17.7. The molecule has 1 aliphatic carbocycles. The largest absolute Gasteiger partial charge is 0.493 e. The highest BCUT2D eigenvalue weighted by molar-refractivity contribution is 5.70. The minimum atomic E-state index is -5.73. The van der Waals surface area contributed by atoms with Gasteiger partial charge in [0.15, 0.2) is 0 Å². The van der Waals surface area contributed by atoms with Gasteiger partial charge < -0.3 is 19.5 Å². The summed E-state index contributed by atoms with van der Waals surface area (Å²) in [5.74, 6) is 0.708. The maximum Gasteiger partial charge on any atom is 0.434 e. The topological polar surface area (TPSA) is 59.0 Å². The van der Waals surface area contributed by atoms with Crippen molar-refractivity contribution >= 4 is 12.2 Å². The van der Waals surface area contributed by atoms with Gasteiger partial charge in [-0.05, 0) is 38.2 Å². The molecule has 5 nitrogen and oxygen atoms in total. The normalized spacial score (nSPS) is 17.6. The molecular weight excluding hydrogens is 456 g/mol. The van der Waals surface area contributed by atoms with E-state index in [9.17, 15) is 31.1 Å². The Hall–Kier alpha value is -2.43. The summed E-state index contributed by atoms with van der Waals surface area (Å²) in [5.41, 5.74) is 1.60. The van der Waals surface area contributed by atoms with Crippen molar-refractivity contribution in [1.82, 2.24) is 4.90 Å². The Kier molecular flexibility index (Phi) is 7.50. The van der Waals surface area contributed by atoms with Crippen molar-refractivity contribution in [2.75, 3.05) is 26.3 Å². The zero-order chi connectivity index (χ0) is 24.3. The number of carbonyl (C=O) groups is 1. The average Bonchev–Trinajstić information content (AvgIpc) is 2.65. The highest BCUT2D eigenvalue weighted by Gasteiger charge is 2.61. The zero-order valence-electron chi connectivity index (χ0n) is 17.7. The number of rotatable bonds is 8. The van der Waals surface area contributed by atoms with E-state index in [1.54, 1.807) is 0 Å². The SMILES string of the molecule is O=C(OC(C(F)(F)F)C(F)(F)F)N1CC2(CC(=Cc3ccccc3OCCCCCO)C2)C1. The summed E-state index contributed by atoms with van der Waals surface area (Å²) < 4.78 is 85.0. The van der Waals surface area contributed by atoms with Crippen molar-refractivity contribution in [2.45, 2.75) is 50.6 Å². The minimum absolute atomic E-state index is 0.0502. The number of likely N-dealkylation sites (tertiary alicyclic amines) is 1. The number of allylic oxidation sites excluding steroid dienone is 1. The number of hydrogen-bond acceptors (Lipinski definition) is 4. The molecule has 1 spiro atoms. The fourth-order valence-corrected chi connectivity index (χ4v) is 4.15. The van der Waals surface area contributed by atoms with E-state index in [0.717, 1.165) is 35.3 Å². The van der Waals surface area contributed by atoms with E-state index in [-0.39, 0.29) is 25.1 Å². The lowest BCUT2D eigenvalue weighted by atomic mass is 9.60. The summed E-state index contributed by atoms with van der Waals surface area (Å²) in [4.78, 5) is 12.7. The first-order valence-corrected chi connectivity index (χ1v) is 10.5. The number of aliphatic hydroxyl groups excluding tert-OH is 1. The number of carbonyl (C=O) groups excluding carboxylic acids is 1. The van der Waals surface area contributed by atoms with Crippen molar-refractivity contribution in [3.63, 3.8) is 0 Å². The number of nitrogens with zero attached hydrogens (tertiary/aromatic N) is 1. The number of benzene rings is 1. The Bertz CT molecular complexity index is 837. The maximum absolute atomic E-state index is 12.6. The lowest BCUT2D eigenvalue weighted by Crippen LogP contribution is -2.63. The molecule has 3 rings (SSSR count). The Morgan fingerprint density at radius 1 is 1.06 bits per heavy atom. The number of halogens is 6. The fraction of sp³-hybridized carbons (Fsp3) is 0.591. The average molecular weight is 481 g/mol. The van der Waals surface area contributed by atoms with Gasteiger partial charge in [0, 0.05) is 30.7 Å². The molecule has 1 aliphatic heterocycles. The number of alkyl halides is 6. The third kappa shape index (κ3) is 6.33. The molecular formula is C22H25F6NO4. The molecule has 0 bridgehead atoms. The molecule has 1 amide bonds. The van der Waals surface area contributed by atoms with Crippen LogP contribution in [0.5, 0.6) is 5.75 Å². The monoisotopic (exact) mass is 481 g/mol. The number of amides is 1. The smallest absolute Gasteiger partial charge is 0.434 e. The van der Waals surface area contributed by atoms with E-state index in [1.165, 1.54) is 0 Å². The minimum Gasteiger partial charge on any atom is -0.493 e. The van der Waals surface area contributed by atoms with Gasteiger partial charge in [0.2, 0.25) is 0 Å². The highest BCUT2D eigenvalue weighted by Crippen LogP contribution is 2.52. The summed E-state index contributed by atoms with van der Waals surface area (Å²) in [6, 6.07) is 7.43. The van der Waals surface area contributed by atoms with E-state index in [2.05, 4.69) is 4.74 Å². The van der Waals surface area contributed by atoms with E-state index in [1.807, 2.05) is 30.3 Å². The van der Waals surface area contributed by atoms with Crippen LogP contribution in [0.2, 0.25) is 0 Å². The molecule has 1 aromatic carbocycles. The van der Waals surface area contributed by atoms with Crippen LogP contribution in [0.25, 0.3) is 6.08 Å². The predicted octanol–water partition coefficient (Wildman–Crippen LogP) is 5.34. The van der Waals surface area contributed by atoms with Crippen LogP contribution >= 0.6 is 0 Å². The van der Waals surface area contributed by atoms with Crippen LogP contribution in [0.1, 0.15) is 37.7 Å². The van der Waals surface area contributed by atoms with Crippen molar-refractivity contribution in [1.29, 1.82) is 0 Å². The van der Waals surface area contributed by atoms with E-state index >= 15 is 0 Å². The van der Waals surface area contributed by atoms with Crippen LogP contribution in [-0.2, 0) is 4.74 Å². The fourth-order valence-electron chi connectivity index (χ4n) is 4.15. The molecule has 1 aromatic rings. The van der Waals surface area contributed by atoms with Gasteiger partial charge in [0.1, 0.15) is 5.75 Å². The number of aliphatic hydroxyl groups is 1. The van der Waals surface area contributed by atoms with Gasteiger partial charge in [-0.2, -0.15) is 26.3 Å². The number of ether oxygens (including phenoxy) is 2. The van der Waals surface area contributed by atoms with Gasteiger partial charge in [-0.3, -0.25) is 0 Å².